The van der Waals surface area contributed by atoms with Crippen LogP contribution < -0.4 is 9.47 Å². The lowest BCUT2D eigenvalue weighted by molar-refractivity contribution is -0.275. The van der Waals surface area contributed by atoms with Gasteiger partial charge in [0.1, 0.15) is 0 Å². The Balaban J connectivity index is 2.42. The quantitative estimate of drug-likeness (QED) is 0.822. The average Bonchev–Trinajstić information content (AvgIpc) is 2.52. The number of halogens is 3. The predicted octanol–water partition coefficient (Wildman–Crippen LogP) is 4.78. The maximum absolute atomic E-state index is 12.6. The molecule has 0 aromatic heterocycles. The van der Waals surface area contributed by atoms with Crippen LogP contribution in [0, 0.1) is 5.92 Å². The Labute approximate surface area is 138 Å². The summed E-state index contributed by atoms with van der Waals surface area (Å²) < 4.78 is 47.2. The molecule has 0 fully saturated rings. The Morgan fingerprint density at radius 2 is 1.75 bits per heavy atom. The summed E-state index contributed by atoms with van der Waals surface area (Å²) in [4.78, 5) is 0. The maximum Gasteiger partial charge on any atom is 0.573 e. The molecule has 0 spiro atoms. The Morgan fingerprint density at radius 3 is 2.38 bits per heavy atom. The maximum atomic E-state index is 12.6. The molecule has 0 bridgehead atoms. The number of rotatable bonds is 6. The van der Waals surface area contributed by atoms with Gasteiger partial charge in [0, 0.05) is 0 Å². The minimum absolute atomic E-state index is 0.0197. The fourth-order valence-corrected chi connectivity index (χ4v) is 2.19. The standard InChI is InChI=1S/C18H19F3O3/c1-12(2)11-23-17-9-13(7-8-16(17)24-18(19,20)21)15-6-4-3-5-14(15)10-22/h3-9,12,22H,10-11H2,1-2H3. The van der Waals surface area contributed by atoms with Crippen molar-refractivity contribution < 1.29 is 27.8 Å². The van der Waals surface area contributed by atoms with Gasteiger partial charge in [0.2, 0.25) is 0 Å². The second kappa shape index (κ2) is 7.57. The summed E-state index contributed by atoms with van der Waals surface area (Å²) >= 11 is 0. The molecule has 6 heteroatoms. The lowest BCUT2D eigenvalue weighted by Crippen LogP contribution is -2.18. The van der Waals surface area contributed by atoms with Gasteiger partial charge in [-0.05, 0) is 34.7 Å². The van der Waals surface area contributed by atoms with Crippen LogP contribution in [-0.2, 0) is 6.61 Å². The molecule has 0 atom stereocenters. The molecule has 0 aliphatic carbocycles. The first-order valence-electron chi connectivity index (χ1n) is 7.52. The van der Waals surface area contributed by atoms with E-state index >= 15 is 0 Å². The van der Waals surface area contributed by atoms with Gasteiger partial charge in [0.15, 0.2) is 11.5 Å². The first-order chi connectivity index (χ1) is 11.3. The molecule has 2 aromatic carbocycles. The third-order valence-corrected chi connectivity index (χ3v) is 3.24. The highest BCUT2D eigenvalue weighted by atomic mass is 19.4. The zero-order valence-electron chi connectivity index (χ0n) is 13.4. The van der Waals surface area contributed by atoms with Gasteiger partial charge in [0.05, 0.1) is 13.2 Å². The van der Waals surface area contributed by atoms with Crippen molar-refractivity contribution in [1.29, 1.82) is 0 Å². The summed E-state index contributed by atoms with van der Waals surface area (Å²) in [5, 5.41) is 9.43. The van der Waals surface area contributed by atoms with Crippen molar-refractivity contribution in [3.05, 3.63) is 48.0 Å². The van der Waals surface area contributed by atoms with E-state index in [1.54, 1.807) is 24.3 Å². The second-order valence-corrected chi connectivity index (χ2v) is 5.73. The fraction of sp³-hybridized carbons (Fsp3) is 0.333. The summed E-state index contributed by atoms with van der Waals surface area (Å²) in [5.74, 6) is -0.211. The molecule has 2 aromatic rings. The van der Waals surface area contributed by atoms with Crippen molar-refractivity contribution in [2.45, 2.75) is 26.8 Å². The fourth-order valence-electron chi connectivity index (χ4n) is 2.19. The van der Waals surface area contributed by atoms with Gasteiger partial charge in [-0.25, -0.2) is 0 Å². The number of hydrogen-bond acceptors (Lipinski definition) is 3. The van der Waals surface area contributed by atoms with E-state index in [1.807, 2.05) is 13.8 Å². The van der Waals surface area contributed by atoms with E-state index in [2.05, 4.69) is 4.74 Å². The molecule has 0 amide bonds. The van der Waals surface area contributed by atoms with Gasteiger partial charge >= 0.3 is 6.36 Å². The lowest BCUT2D eigenvalue weighted by atomic mass is 10.00. The molecular formula is C18H19F3O3. The van der Waals surface area contributed by atoms with E-state index in [9.17, 15) is 18.3 Å². The zero-order chi connectivity index (χ0) is 17.7. The molecule has 0 aliphatic rings. The van der Waals surface area contributed by atoms with Gasteiger partial charge in [-0.3, -0.25) is 0 Å². The number of aliphatic hydroxyl groups excluding tert-OH is 1. The van der Waals surface area contributed by atoms with Crippen LogP contribution in [0.5, 0.6) is 11.5 Å². The van der Waals surface area contributed by atoms with Crippen LogP contribution in [0.25, 0.3) is 11.1 Å². The number of benzene rings is 2. The number of ether oxygens (including phenoxy) is 2. The van der Waals surface area contributed by atoms with E-state index in [0.29, 0.717) is 11.1 Å². The van der Waals surface area contributed by atoms with Crippen LogP contribution in [0.1, 0.15) is 19.4 Å². The molecule has 0 unspecified atom stereocenters. The average molecular weight is 340 g/mol. The van der Waals surface area contributed by atoms with Gasteiger partial charge in [-0.2, -0.15) is 0 Å². The molecular weight excluding hydrogens is 321 g/mol. The minimum Gasteiger partial charge on any atom is -0.489 e. The van der Waals surface area contributed by atoms with Crippen LogP contribution >= 0.6 is 0 Å². The van der Waals surface area contributed by atoms with Gasteiger partial charge in [-0.1, -0.05) is 44.2 Å². The highest BCUT2D eigenvalue weighted by Gasteiger charge is 2.32. The third kappa shape index (κ3) is 4.89. The van der Waals surface area contributed by atoms with Crippen LogP contribution in [0.2, 0.25) is 0 Å². The number of aliphatic hydroxyl groups is 1. The Hall–Kier alpha value is -2.21. The molecule has 0 radical (unpaired) electrons. The summed E-state index contributed by atoms with van der Waals surface area (Å²) in [6.45, 7) is 3.89. The van der Waals surface area contributed by atoms with Crippen molar-refractivity contribution in [1.82, 2.24) is 0 Å². The van der Waals surface area contributed by atoms with Gasteiger partial charge < -0.3 is 14.6 Å². The second-order valence-electron chi connectivity index (χ2n) is 5.73. The summed E-state index contributed by atoms with van der Waals surface area (Å²) in [7, 11) is 0. The molecule has 0 heterocycles. The molecule has 130 valence electrons. The Bertz CT molecular complexity index is 681. The molecule has 1 N–H and O–H groups in total. The molecule has 0 saturated carbocycles. The van der Waals surface area contributed by atoms with Crippen molar-refractivity contribution in [3.8, 4) is 22.6 Å². The molecule has 2 rings (SSSR count). The van der Waals surface area contributed by atoms with Crippen LogP contribution in [-0.4, -0.2) is 18.1 Å². The highest BCUT2D eigenvalue weighted by molar-refractivity contribution is 5.70. The molecule has 24 heavy (non-hydrogen) atoms. The van der Waals surface area contributed by atoms with Crippen LogP contribution in [0.3, 0.4) is 0 Å². The van der Waals surface area contributed by atoms with Crippen LogP contribution in [0.4, 0.5) is 13.2 Å². The monoisotopic (exact) mass is 340 g/mol. The molecule has 0 aliphatic heterocycles. The van der Waals surface area contributed by atoms with E-state index < -0.39 is 6.36 Å². The lowest BCUT2D eigenvalue weighted by Gasteiger charge is -2.17. The van der Waals surface area contributed by atoms with Crippen molar-refractivity contribution >= 4 is 0 Å². The SMILES string of the molecule is CC(C)COc1cc(-c2ccccc2CO)ccc1OC(F)(F)F. The summed E-state index contributed by atoms with van der Waals surface area (Å²) in [5.41, 5.74) is 2.05. The van der Waals surface area contributed by atoms with E-state index in [1.165, 1.54) is 18.2 Å². The van der Waals surface area contributed by atoms with E-state index in [4.69, 9.17) is 4.74 Å². The van der Waals surface area contributed by atoms with Gasteiger partial charge in [0.25, 0.3) is 0 Å². The molecule has 3 nitrogen and oxygen atoms in total. The van der Waals surface area contributed by atoms with Crippen molar-refractivity contribution in [2.24, 2.45) is 5.92 Å². The summed E-state index contributed by atoms with van der Waals surface area (Å²) in [6, 6.07) is 11.4. The Morgan fingerprint density at radius 1 is 1.04 bits per heavy atom. The topological polar surface area (TPSA) is 38.7 Å². The van der Waals surface area contributed by atoms with Crippen molar-refractivity contribution in [3.63, 3.8) is 0 Å². The van der Waals surface area contributed by atoms with Gasteiger partial charge in [-0.15, -0.1) is 13.2 Å². The normalized spacial score (nSPS) is 11.6. The highest BCUT2D eigenvalue weighted by Crippen LogP contribution is 2.37. The van der Waals surface area contributed by atoms with E-state index in [-0.39, 0.29) is 30.6 Å². The number of hydrogen-bond donors (Lipinski definition) is 1. The Kier molecular flexibility index (Phi) is 5.72. The summed E-state index contributed by atoms with van der Waals surface area (Å²) in [6.07, 6.45) is -4.79. The van der Waals surface area contributed by atoms with Crippen LogP contribution in [0.15, 0.2) is 42.5 Å². The van der Waals surface area contributed by atoms with E-state index in [0.717, 1.165) is 5.56 Å². The first-order valence-corrected chi connectivity index (χ1v) is 7.52. The largest absolute Gasteiger partial charge is 0.573 e. The zero-order valence-corrected chi connectivity index (χ0v) is 13.4. The van der Waals surface area contributed by atoms with Crippen molar-refractivity contribution in [2.75, 3.05) is 6.61 Å². The smallest absolute Gasteiger partial charge is 0.489 e. The predicted molar refractivity (Wildman–Crippen MR) is 84.8 cm³/mol. The third-order valence-electron chi connectivity index (χ3n) is 3.24. The number of alkyl halides is 3. The first kappa shape index (κ1) is 18.1. The molecule has 0 saturated heterocycles. The minimum atomic E-state index is -4.79.